The Bertz CT molecular complexity index is 966. The Hall–Kier alpha value is -2.59. The molecule has 1 unspecified atom stereocenters. The molecule has 0 radical (unpaired) electrons. The molecule has 1 aliphatic carbocycles. The first-order valence-electron chi connectivity index (χ1n) is 8.49. The Morgan fingerprint density at radius 1 is 1.27 bits per heavy atom. The van der Waals surface area contributed by atoms with Crippen LogP contribution in [0.15, 0.2) is 48.0 Å². The van der Waals surface area contributed by atoms with E-state index in [0.717, 1.165) is 28.9 Å². The van der Waals surface area contributed by atoms with Crippen LogP contribution >= 0.6 is 9.24 Å². The second kappa shape index (κ2) is 6.96. The molecule has 1 fully saturated rings. The van der Waals surface area contributed by atoms with Crippen LogP contribution < -0.4 is 10.0 Å². The number of aromatic nitrogens is 3. The molecule has 2 aromatic heterocycles. The first-order valence-corrected chi connectivity index (χ1v) is 9.07. The maximum Gasteiger partial charge on any atom is 0.129 e. The van der Waals surface area contributed by atoms with E-state index in [-0.39, 0.29) is 0 Å². The molecule has 0 saturated heterocycles. The maximum atomic E-state index is 10.9. The van der Waals surface area contributed by atoms with Gasteiger partial charge in [-0.1, -0.05) is 6.07 Å². The SMILES string of the molecule is Cn1cnc(-c2cc(N=O)ccn2)c1-c1ccc(P)cc1OCC1CC1. The summed E-state index contributed by atoms with van der Waals surface area (Å²) in [7, 11) is 4.64. The predicted molar refractivity (Wildman–Crippen MR) is 105 cm³/mol. The van der Waals surface area contributed by atoms with E-state index in [0.29, 0.717) is 23.0 Å². The summed E-state index contributed by atoms with van der Waals surface area (Å²) in [4.78, 5) is 19.7. The Balaban J connectivity index is 1.80. The molecule has 2 heterocycles. The molecule has 6 nitrogen and oxygen atoms in total. The summed E-state index contributed by atoms with van der Waals surface area (Å²) < 4.78 is 8.06. The largest absolute Gasteiger partial charge is 0.493 e. The van der Waals surface area contributed by atoms with Crippen molar-refractivity contribution in [3.63, 3.8) is 0 Å². The standard InChI is InChI=1S/C19H19N4O2P/c1-23-11-21-18(16-8-13(22-24)6-7-20-16)19(23)15-5-4-14(26)9-17(15)25-10-12-2-3-12/h4-9,11-12H,2-3,10,26H2,1H3. The van der Waals surface area contributed by atoms with Crippen LogP contribution in [0.2, 0.25) is 0 Å². The summed E-state index contributed by atoms with van der Waals surface area (Å²) in [6, 6.07) is 9.31. The number of rotatable bonds is 6. The van der Waals surface area contributed by atoms with Crippen LogP contribution in [0.4, 0.5) is 5.69 Å². The molecule has 0 bridgehead atoms. The number of benzene rings is 1. The van der Waals surface area contributed by atoms with Crippen molar-refractivity contribution in [3.05, 3.63) is 47.8 Å². The Labute approximate surface area is 153 Å². The van der Waals surface area contributed by atoms with Crippen molar-refractivity contribution >= 4 is 20.2 Å². The molecule has 1 atom stereocenters. The van der Waals surface area contributed by atoms with E-state index >= 15 is 0 Å². The quantitative estimate of drug-likeness (QED) is 0.491. The monoisotopic (exact) mass is 366 g/mol. The van der Waals surface area contributed by atoms with Crippen LogP contribution in [0.1, 0.15) is 12.8 Å². The summed E-state index contributed by atoms with van der Waals surface area (Å²) in [6.07, 6.45) is 5.79. The van der Waals surface area contributed by atoms with Gasteiger partial charge < -0.3 is 9.30 Å². The van der Waals surface area contributed by atoms with Gasteiger partial charge in [0, 0.05) is 18.8 Å². The molecule has 1 aliphatic rings. The number of nitrogens with zero attached hydrogens (tertiary/aromatic N) is 4. The number of aryl methyl sites for hydroxylation is 1. The molecule has 132 valence electrons. The molecule has 0 amide bonds. The second-order valence-electron chi connectivity index (χ2n) is 6.55. The highest BCUT2D eigenvalue weighted by Crippen LogP contribution is 2.37. The Morgan fingerprint density at radius 2 is 2.12 bits per heavy atom. The lowest BCUT2D eigenvalue weighted by atomic mass is 10.1. The minimum Gasteiger partial charge on any atom is -0.493 e. The lowest BCUT2D eigenvalue weighted by molar-refractivity contribution is 0.301. The number of pyridine rings is 1. The van der Waals surface area contributed by atoms with E-state index in [1.165, 1.54) is 12.8 Å². The minimum absolute atomic E-state index is 0.331. The van der Waals surface area contributed by atoms with Crippen LogP contribution in [0.3, 0.4) is 0 Å². The molecule has 0 aliphatic heterocycles. The average molecular weight is 366 g/mol. The van der Waals surface area contributed by atoms with E-state index in [9.17, 15) is 4.91 Å². The lowest BCUT2D eigenvalue weighted by Gasteiger charge is -2.14. The van der Waals surface area contributed by atoms with E-state index < -0.39 is 0 Å². The van der Waals surface area contributed by atoms with Crippen LogP contribution in [0, 0.1) is 10.8 Å². The fraction of sp³-hybridized carbons (Fsp3) is 0.263. The molecule has 3 aromatic rings. The molecule has 0 N–H and O–H groups in total. The molecule has 7 heteroatoms. The predicted octanol–water partition coefficient (Wildman–Crippen LogP) is 3.84. The summed E-state index contributed by atoms with van der Waals surface area (Å²) >= 11 is 0. The van der Waals surface area contributed by atoms with Gasteiger partial charge in [0.2, 0.25) is 0 Å². The van der Waals surface area contributed by atoms with Crippen LogP contribution in [0.5, 0.6) is 5.75 Å². The van der Waals surface area contributed by atoms with Gasteiger partial charge in [0.05, 0.1) is 24.3 Å². The zero-order valence-electron chi connectivity index (χ0n) is 14.4. The maximum absolute atomic E-state index is 10.9. The highest BCUT2D eigenvalue weighted by atomic mass is 31.0. The number of imidazole rings is 1. The van der Waals surface area contributed by atoms with Crippen LogP contribution in [-0.4, -0.2) is 21.1 Å². The van der Waals surface area contributed by atoms with Crippen molar-refractivity contribution in [2.24, 2.45) is 18.1 Å². The van der Waals surface area contributed by atoms with E-state index in [4.69, 9.17) is 4.74 Å². The number of ether oxygens (including phenoxy) is 1. The molecule has 26 heavy (non-hydrogen) atoms. The third-order valence-electron chi connectivity index (χ3n) is 4.46. The van der Waals surface area contributed by atoms with Gasteiger partial charge in [-0.05, 0) is 53.5 Å². The number of hydrogen-bond acceptors (Lipinski definition) is 5. The van der Waals surface area contributed by atoms with Gasteiger partial charge in [-0.25, -0.2) is 4.98 Å². The number of hydrogen-bond donors (Lipinski definition) is 0. The topological polar surface area (TPSA) is 69.4 Å². The van der Waals surface area contributed by atoms with Crippen molar-refractivity contribution in [1.29, 1.82) is 0 Å². The zero-order chi connectivity index (χ0) is 18.1. The van der Waals surface area contributed by atoms with Crippen molar-refractivity contribution in [1.82, 2.24) is 14.5 Å². The van der Waals surface area contributed by atoms with Gasteiger partial charge in [-0.3, -0.25) is 4.98 Å². The van der Waals surface area contributed by atoms with Gasteiger partial charge in [0.15, 0.2) is 0 Å². The smallest absolute Gasteiger partial charge is 0.129 e. The van der Waals surface area contributed by atoms with Gasteiger partial charge in [-0.15, -0.1) is 14.1 Å². The Kier molecular flexibility index (Phi) is 4.51. The minimum atomic E-state index is 0.331. The summed E-state index contributed by atoms with van der Waals surface area (Å²) in [5, 5.41) is 4.06. The third-order valence-corrected chi connectivity index (χ3v) is 4.82. The first kappa shape index (κ1) is 16.9. The third kappa shape index (κ3) is 3.37. The fourth-order valence-corrected chi connectivity index (χ4v) is 3.13. The van der Waals surface area contributed by atoms with Gasteiger partial charge in [0.25, 0.3) is 0 Å². The Morgan fingerprint density at radius 3 is 2.88 bits per heavy atom. The van der Waals surface area contributed by atoms with E-state index in [1.807, 2.05) is 29.8 Å². The van der Waals surface area contributed by atoms with Crippen LogP contribution in [-0.2, 0) is 7.05 Å². The first-order chi connectivity index (χ1) is 12.7. The molecular weight excluding hydrogens is 347 g/mol. The average Bonchev–Trinajstić information content (AvgIpc) is 3.41. The summed E-state index contributed by atoms with van der Waals surface area (Å²) in [6.45, 7) is 0.733. The number of nitroso groups, excluding NO2 is 1. The summed E-state index contributed by atoms with van der Waals surface area (Å²) in [5.41, 5.74) is 3.50. The zero-order valence-corrected chi connectivity index (χ0v) is 15.6. The van der Waals surface area contributed by atoms with E-state index in [1.54, 1.807) is 24.7 Å². The molecule has 1 aromatic carbocycles. The molecule has 1 saturated carbocycles. The van der Waals surface area contributed by atoms with Crippen molar-refractivity contribution in [3.8, 4) is 28.4 Å². The van der Waals surface area contributed by atoms with Crippen molar-refractivity contribution in [2.75, 3.05) is 6.61 Å². The van der Waals surface area contributed by atoms with Gasteiger partial charge >= 0.3 is 0 Å². The van der Waals surface area contributed by atoms with E-state index in [2.05, 4.69) is 24.4 Å². The lowest BCUT2D eigenvalue weighted by Crippen LogP contribution is -2.04. The highest BCUT2D eigenvalue weighted by molar-refractivity contribution is 7.27. The fourth-order valence-electron chi connectivity index (χ4n) is 2.89. The van der Waals surface area contributed by atoms with Crippen molar-refractivity contribution in [2.45, 2.75) is 12.8 Å². The molecule has 4 rings (SSSR count). The molecular formula is C19H19N4O2P. The van der Waals surface area contributed by atoms with Crippen LogP contribution in [0.25, 0.3) is 22.6 Å². The summed E-state index contributed by atoms with van der Waals surface area (Å²) in [5.74, 6) is 1.50. The molecule has 0 spiro atoms. The van der Waals surface area contributed by atoms with Gasteiger partial charge in [0.1, 0.15) is 17.1 Å². The normalized spacial score (nSPS) is 13.6. The van der Waals surface area contributed by atoms with Crippen molar-refractivity contribution < 1.29 is 4.74 Å². The highest BCUT2D eigenvalue weighted by Gasteiger charge is 2.24. The second-order valence-corrected chi connectivity index (χ2v) is 7.22. The van der Waals surface area contributed by atoms with Gasteiger partial charge in [-0.2, -0.15) is 0 Å².